The summed E-state index contributed by atoms with van der Waals surface area (Å²) in [6, 6.07) is 7.57. The molecule has 1 aromatic carbocycles. The number of rotatable bonds is 0. The smallest absolute Gasteiger partial charge is 0.194 e. The Labute approximate surface area is 113 Å². The molecule has 1 atom stereocenters. The van der Waals surface area contributed by atoms with E-state index in [2.05, 4.69) is 18.8 Å². The average molecular weight is 259 g/mol. The van der Waals surface area contributed by atoms with E-state index in [1.165, 1.54) is 0 Å². The van der Waals surface area contributed by atoms with E-state index in [0.29, 0.717) is 5.75 Å². The molecular formula is C15H19N2O2-. The molecule has 0 radical (unpaired) electrons. The lowest BCUT2D eigenvalue weighted by Crippen LogP contribution is -2.58. The molecule has 102 valence electrons. The van der Waals surface area contributed by atoms with Gasteiger partial charge in [0.05, 0.1) is 6.21 Å². The predicted molar refractivity (Wildman–Crippen MR) is 75.6 cm³/mol. The number of ether oxygens (including phenoxy) is 1. The minimum atomic E-state index is -1.01. The number of benzene rings is 1. The molecule has 3 rings (SSSR count). The normalized spacial score (nSPS) is 31.2. The van der Waals surface area contributed by atoms with Gasteiger partial charge in [0.1, 0.15) is 11.4 Å². The van der Waals surface area contributed by atoms with Crippen LogP contribution in [0.5, 0.6) is 5.75 Å². The van der Waals surface area contributed by atoms with Gasteiger partial charge in [-0.25, -0.2) is 0 Å². The van der Waals surface area contributed by atoms with Gasteiger partial charge in [0.2, 0.25) is 0 Å². The third kappa shape index (κ3) is 1.56. The van der Waals surface area contributed by atoms with Gasteiger partial charge < -0.3 is 15.0 Å². The van der Waals surface area contributed by atoms with Crippen molar-refractivity contribution in [2.45, 2.75) is 45.4 Å². The van der Waals surface area contributed by atoms with Gasteiger partial charge in [0.15, 0.2) is 5.72 Å². The third-order valence-electron chi connectivity index (χ3n) is 4.21. The minimum absolute atomic E-state index is 0.296. The van der Waals surface area contributed by atoms with Crippen molar-refractivity contribution in [2.24, 2.45) is 10.4 Å². The SMILES string of the molecule is CC1(C)CC(C)(C)[C@]2(C=Nc3ccccc3O2)N1[O-]. The first kappa shape index (κ1) is 12.6. The van der Waals surface area contributed by atoms with Crippen LogP contribution in [0.25, 0.3) is 0 Å². The van der Waals surface area contributed by atoms with Crippen molar-refractivity contribution in [3.05, 3.63) is 29.5 Å². The second-order valence-electron chi connectivity index (χ2n) is 6.69. The second-order valence-corrected chi connectivity index (χ2v) is 6.69. The van der Waals surface area contributed by atoms with Crippen molar-refractivity contribution in [1.82, 2.24) is 5.06 Å². The summed E-state index contributed by atoms with van der Waals surface area (Å²) in [4.78, 5) is 4.45. The molecule has 19 heavy (non-hydrogen) atoms. The number of fused-ring (bicyclic) bond motifs is 1. The Hall–Kier alpha value is -1.39. The van der Waals surface area contributed by atoms with Crippen LogP contribution in [0, 0.1) is 10.6 Å². The van der Waals surface area contributed by atoms with Crippen LogP contribution in [0.3, 0.4) is 0 Å². The van der Waals surface area contributed by atoms with E-state index in [1.807, 2.05) is 38.1 Å². The standard InChI is InChI=1S/C15H19N2O2/c1-13(2)9-14(3,4)17(18)15(13)10-16-11-7-5-6-8-12(11)19-15/h5-8,10H,9H2,1-4H3/q-1/t15-/m1/s1. The van der Waals surface area contributed by atoms with Gasteiger partial charge in [0, 0.05) is 11.0 Å². The van der Waals surface area contributed by atoms with Crippen molar-refractivity contribution in [2.75, 3.05) is 0 Å². The fraction of sp³-hybridized carbons (Fsp3) is 0.533. The summed E-state index contributed by atoms with van der Waals surface area (Å²) < 4.78 is 6.11. The highest BCUT2D eigenvalue weighted by Crippen LogP contribution is 2.54. The lowest BCUT2D eigenvalue weighted by Gasteiger charge is -2.51. The van der Waals surface area contributed by atoms with E-state index >= 15 is 0 Å². The first-order valence-electron chi connectivity index (χ1n) is 6.59. The van der Waals surface area contributed by atoms with Gasteiger partial charge in [-0.05, 0) is 32.4 Å². The Bertz CT molecular complexity index is 551. The lowest BCUT2D eigenvalue weighted by atomic mass is 9.79. The molecular weight excluding hydrogens is 240 g/mol. The second kappa shape index (κ2) is 3.58. The van der Waals surface area contributed by atoms with Crippen LogP contribution < -0.4 is 4.74 Å². The number of aliphatic imine (C=N–C) groups is 1. The first-order chi connectivity index (χ1) is 8.79. The molecule has 4 nitrogen and oxygen atoms in total. The number of nitrogens with zero attached hydrogens (tertiary/aromatic N) is 2. The minimum Gasteiger partial charge on any atom is -0.782 e. The van der Waals surface area contributed by atoms with E-state index in [0.717, 1.165) is 17.2 Å². The molecule has 0 unspecified atom stereocenters. The maximum absolute atomic E-state index is 12.7. The average Bonchev–Trinajstić information content (AvgIpc) is 2.47. The van der Waals surface area contributed by atoms with E-state index < -0.39 is 11.3 Å². The van der Waals surface area contributed by atoms with Crippen molar-refractivity contribution >= 4 is 11.9 Å². The molecule has 0 amide bonds. The molecule has 2 aliphatic rings. The van der Waals surface area contributed by atoms with E-state index in [9.17, 15) is 5.21 Å². The molecule has 0 aliphatic carbocycles. The van der Waals surface area contributed by atoms with E-state index in [-0.39, 0.29) is 5.41 Å². The number of hydrogen-bond acceptors (Lipinski definition) is 4. The molecule has 1 spiro atoms. The van der Waals surface area contributed by atoms with Crippen molar-refractivity contribution < 1.29 is 4.74 Å². The molecule has 1 saturated heterocycles. The summed E-state index contributed by atoms with van der Waals surface area (Å²) in [5.41, 5.74) is -0.982. The van der Waals surface area contributed by atoms with E-state index in [4.69, 9.17) is 4.74 Å². The largest absolute Gasteiger partial charge is 0.782 e. The number of hydrogen-bond donors (Lipinski definition) is 0. The third-order valence-corrected chi connectivity index (χ3v) is 4.21. The zero-order valence-electron chi connectivity index (χ0n) is 11.8. The number of hydroxylamine groups is 2. The van der Waals surface area contributed by atoms with Crippen LogP contribution in [0.2, 0.25) is 0 Å². The first-order valence-corrected chi connectivity index (χ1v) is 6.59. The van der Waals surface area contributed by atoms with Gasteiger partial charge in [-0.3, -0.25) is 4.99 Å². The molecule has 0 N–H and O–H groups in total. The van der Waals surface area contributed by atoms with Crippen LogP contribution in [0.1, 0.15) is 34.1 Å². The summed E-state index contributed by atoms with van der Waals surface area (Å²) >= 11 is 0. The van der Waals surface area contributed by atoms with Gasteiger partial charge in [0.25, 0.3) is 0 Å². The van der Waals surface area contributed by atoms with Gasteiger partial charge >= 0.3 is 0 Å². The topological polar surface area (TPSA) is 47.9 Å². The zero-order chi connectivity index (χ0) is 13.9. The molecule has 4 heteroatoms. The Morgan fingerprint density at radius 2 is 1.89 bits per heavy atom. The van der Waals surface area contributed by atoms with Crippen LogP contribution in [-0.2, 0) is 0 Å². The maximum atomic E-state index is 12.7. The highest BCUT2D eigenvalue weighted by Gasteiger charge is 2.59. The molecule has 1 aromatic rings. The summed E-state index contributed by atoms with van der Waals surface area (Å²) in [6.45, 7) is 8.03. The van der Waals surface area contributed by atoms with Gasteiger partial charge in [-0.1, -0.05) is 26.0 Å². The zero-order valence-corrected chi connectivity index (χ0v) is 11.8. The Kier molecular flexibility index (Phi) is 2.38. The van der Waals surface area contributed by atoms with Crippen LogP contribution in [0.15, 0.2) is 29.3 Å². The van der Waals surface area contributed by atoms with Crippen molar-refractivity contribution in [1.29, 1.82) is 0 Å². The molecule has 1 fully saturated rings. The van der Waals surface area contributed by atoms with Crippen LogP contribution in [0.4, 0.5) is 5.69 Å². The highest BCUT2D eigenvalue weighted by atomic mass is 16.6. The Balaban J connectivity index is 2.11. The fourth-order valence-electron chi connectivity index (χ4n) is 3.41. The number of para-hydroxylation sites is 2. The monoisotopic (exact) mass is 259 g/mol. The quantitative estimate of drug-likeness (QED) is 0.716. The molecule has 0 bridgehead atoms. The fourth-order valence-corrected chi connectivity index (χ4v) is 3.41. The molecule has 2 aliphatic heterocycles. The summed E-state index contributed by atoms with van der Waals surface area (Å²) in [7, 11) is 0. The molecule has 2 heterocycles. The lowest BCUT2D eigenvalue weighted by molar-refractivity contribution is -0.0503. The van der Waals surface area contributed by atoms with Crippen LogP contribution >= 0.6 is 0 Å². The summed E-state index contributed by atoms with van der Waals surface area (Å²) in [5, 5.41) is 13.8. The van der Waals surface area contributed by atoms with Gasteiger partial charge in [-0.2, -0.15) is 0 Å². The molecule has 0 saturated carbocycles. The van der Waals surface area contributed by atoms with Gasteiger partial charge in [-0.15, -0.1) is 0 Å². The maximum Gasteiger partial charge on any atom is 0.194 e. The highest BCUT2D eigenvalue weighted by molar-refractivity contribution is 5.79. The van der Waals surface area contributed by atoms with Crippen molar-refractivity contribution in [3.63, 3.8) is 0 Å². The predicted octanol–water partition coefficient (Wildman–Crippen LogP) is 3.49. The summed E-state index contributed by atoms with van der Waals surface area (Å²) in [5.74, 6) is 0.677. The molecule has 0 aromatic heterocycles. The Morgan fingerprint density at radius 3 is 2.53 bits per heavy atom. The van der Waals surface area contributed by atoms with Crippen molar-refractivity contribution in [3.8, 4) is 5.75 Å². The van der Waals surface area contributed by atoms with Crippen LogP contribution in [-0.4, -0.2) is 22.5 Å². The van der Waals surface area contributed by atoms with E-state index in [1.54, 1.807) is 6.21 Å². The summed E-state index contributed by atoms with van der Waals surface area (Å²) in [6.07, 6.45) is 2.44. The Morgan fingerprint density at radius 1 is 1.21 bits per heavy atom.